The lowest BCUT2D eigenvalue weighted by Gasteiger charge is -2.18. The van der Waals surface area contributed by atoms with Crippen molar-refractivity contribution in [2.45, 2.75) is 13.2 Å². The summed E-state index contributed by atoms with van der Waals surface area (Å²) in [5, 5.41) is 5.38. The zero-order valence-electron chi connectivity index (χ0n) is 13.4. The van der Waals surface area contributed by atoms with Crippen LogP contribution in [0.4, 0.5) is 25.0 Å². The number of nitrogens with one attached hydrogen (secondary N) is 2. The van der Waals surface area contributed by atoms with Gasteiger partial charge in [-0.15, -0.1) is 0 Å². The summed E-state index contributed by atoms with van der Waals surface area (Å²) in [5.41, 5.74) is 1.97. The van der Waals surface area contributed by atoms with Gasteiger partial charge in [0.15, 0.2) is 0 Å². The van der Waals surface area contributed by atoms with Gasteiger partial charge in [0, 0.05) is 26.2 Å². The fourth-order valence-corrected chi connectivity index (χ4v) is 2.17. The Hall–Kier alpha value is -2.83. The summed E-state index contributed by atoms with van der Waals surface area (Å²) in [6.45, 7) is -2.84. The summed E-state index contributed by atoms with van der Waals surface area (Å²) in [6.07, 6.45) is 0. The highest BCUT2D eigenvalue weighted by Crippen LogP contribution is 2.23. The van der Waals surface area contributed by atoms with Crippen LogP contribution in [0.5, 0.6) is 5.75 Å². The molecule has 0 bridgehead atoms. The first kappa shape index (κ1) is 17.5. The maximum absolute atomic E-state index is 12.4. The Bertz CT molecular complexity index is 693. The monoisotopic (exact) mass is 335 g/mol. The van der Waals surface area contributed by atoms with Gasteiger partial charge in [-0.1, -0.05) is 30.3 Å². The third-order valence-corrected chi connectivity index (χ3v) is 3.26. The number of urea groups is 1. The zero-order chi connectivity index (χ0) is 17.5. The minimum atomic E-state index is -2.91. The van der Waals surface area contributed by atoms with Gasteiger partial charge in [-0.25, -0.2) is 4.79 Å². The number of hydrogen-bond acceptors (Lipinski definition) is 3. The standard InChI is InChI=1S/C17H19F2N3O2/c1-22(2)14-9-5-4-8-13(14)21-17(23)20-11-12-7-3-6-10-15(12)24-16(18)19/h3-10,16H,11H2,1-2H3,(H2,20,21,23). The van der Waals surface area contributed by atoms with Crippen LogP contribution in [-0.2, 0) is 6.54 Å². The Morgan fingerprint density at radius 2 is 1.79 bits per heavy atom. The van der Waals surface area contributed by atoms with E-state index >= 15 is 0 Å². The van der Waals surface area contributed by atoms with Gasteiger partial charge in [0.05, 0.1) is 11.4 Å². The number of alkyl halides is 2. The van der Waals surface area contributed by atoms with Crippen LogP contribution in [0, 0.1) is 0 Å². The fraction of sp³-hybridized carbons (Fsp3) is 0.235. The largest absolute Gasteiger partial charge is 0.434 e. The molecule has 2 amide bonds. The molecular formula is C17H19F2N3O2. The van der Waals surface area contributed by atoms with Crippen LogP contribution in [0.25, 0.3) is 0 Å². The van der Waals surface area contributed by atoms with Crippen LogP contribution in [0.3, 0.4) is 0 Å². The number of nitrogens with zero attached hydrogens (tertiary/aromatic N) is 1. The number of halogens is 2. The molecule has 0 saturated carbocycles. The highest BCUT2D eigenvalue weighted by Gasteiger charge is 2.11. The van der Waals surface area contributed by atoms with Gasteiger partial charge < -0.3 is 20.3 Å². The van der Waals surface area contributed by atoms with Crippen LogP contribution < -0.4 is 20.3 Å². The molecule has 2 rings (SSSR count). The molecule has 128 valence electrons. The van der Waals surface area contributed by atoms with E-state index in [1.165, 1.54) is 6.07 Å². The summed E-state index contributed by atoms with van der Waals surface area (Å²) < 4.78 is 29.2. The quantitative estimate of drug-likeness (QED) is 0.847. The van der Waals surface area contributed by atoms with Crippen LogP contribution in [0.15, 0.2) is 48.5 Å². The number of ether oxygens (including phenoxy) is 1. The number of carbonyl (C=O) groups is 1. The van der Waals surface area contributed by atoms with Crippen molar-refractivity contribution in [2.75, 3.05) is 24.3 Å². The molecule has 0 aliphatic rings. The van der Waals surface area contributed by atoms with Crippen LogP contribution >= 0.6 is 0 Å². The normalized spacial score (nSPS) is 10.4. The van der Waals surface area contributed by atoms with E-state index < -0.39 is 12.6 Å². The van der Waals surface area contributed by atoms with Gasteiger partial charge in [-0.3, -0.25) is 0 Å². The molecule has 7 heteroatoms. The maximum atomic E-state index is 12.4. The molecular weight excluding hydrogens is 316 g/mol. The second-order valence-corrected chi connectivity index (χ2v) is 5.21. The molecule has 0 saturated heterocycles. The molecule has 24 heavy (non-hydrogen) atoms. The minimum absolute atomic E-state index is 0.0430. The highest BCUT2D eigenvalue weighted by molar-refractivity contribution is 5.93. The third kappa shape index (κ3) is 4.84. The Morgan fingerprint density at radius 3 is 2.50 bits per heavy atom. The van der Waals surface area contributed by atoms with Crippen LogP contribution in [0.2, 0.25) is 0 Å². The molecule has 0 spiro atoms. The Morgan fingerprint density at radius 1 is 1.12 bits per heavy atom. The third-order valence-electron chi connectivity index (χ3n) is 3.26. The number of anilines is 2. The second kappa shape index (κ2) is 8.14. The zero-order valence-corrected chi connectivity index (χ0v) is 13.4. The van der Waals surface area contributed by atoms with Crippen molar-refractivity contribution in [3.05, 3.63) is 54.1 Å². The van der Waals surface area contributed by atoms with Gasteiger partial charge in [-0.05, 0) is 18.2 Å². The first-order chi connectivity index (χ1) is 11.5. The Balaban J connectivity index is 2.00. The Labute approximate surface area is 139 Å². The lowest BCUT2D eigenvalue weighted by atomic mass is 10.2. The number of carbonyl (C=O) groups excluding carboxylic acids is 1. The average molecular weight is 335 g/mol. The van der Waals surface area contributed by atoms with Gasteiger partial charge in [-0.2, -0.15) is 8.78 Å². The molecule has 0 radical (unpaired) electrons. The smallest absolute Gasteiger partial charge is 0.387 e. The number of benzene rings is 2. The number of rotatable bonds is 6. The highest BCUT2D eigenvalue weighted by atomic mass is 19.3. The topological polar surface area (TPSA) is 53.6 Å². The molecule has 2 aromatic carbocycles. The van der Waals surface area contributed by atoms with Crippen molar-refractivity contribution in [1.29, 1.82) is 0 Å². The summed E-state index contributed by atoms with van der Waals surface area (Å²) in [5.74, 6) is 0.0430. The molecule has 2 N–H and O–H groups in total. The molecule has 5 nitrogen and oxygen atoms in total. The van der Waals surface area contributed by atoms with Gasteiger partial charge in [0.25, 0.3) is 0 Å². The van der Waals surface area contributed by atoms with Gasteiger partial charge in [0.1, 0.15) is 5.75 Å². The van der Waals surface area contributed by atoms with Gasteiger partial charge in [0.2, 0.25) is 0 Å². The average Bonchev–Trinajstić information content (AvgIpc) is 2.54. The number of amides is 2. The van der Waals surface area contributed by atoms with E-state index in [2.05, 4.69) is 15.4 Å². The summed E-state index contributed by atoms with van der Waals surface area (Å²) >= 11 is 0. The second-order valence-electron chi connectivity index (χ2n) is 5.21. The molecule has 0 fully saturated rings. The Kier molecular flexibility index (Phi) is 5.95. The van der Waals surface area contributed by atoms with Crippen molar-refractivity contribution in [2.24, 2.45) is 0 Å². The van der Waals surface area contributed by atoms with Crippen molar-refractivity contribution in [3.63, 3.8) is 0 Å². The van der Waals surface area contributed by atoms with E-state index in [4.69, 9.17) is 0 Å². The number of para-hydroxylation sites is 3. The van der Waals surface area contributed by atoms with E-state index in [-0.39, 0.29) is 12.3 Å². The van der Waals surface area contributed by atoms with Crippen LogP contribution in [0.1, 0.15) is 5.56 Å². The van der Waals surface area contributed by atoms with Crippen molar-refractivity contribution in [3.8, 4) is 5.75 Å². The first-order valence-corrected chi connectivity index (χ1v) is 7.31. The summed E-state index contributed by atoms with van der Waals surface area (Å²) in [6, 6.07) is 13.2. The molecule has 0 aliphatic carbocycles. The van der Waals surface area contributed by atoms with E-state index in [9.17, 15) is 13.6 Å². The fourth-order valence-electron chi connectivity index (χ4n) is 2.17. The van der Waals surface area contributed by atoms with Crippen molar-refractivity contribution in [1.82, 2.24) is 5.32 Å². The summed E-state index contributed by atoms with van der Waals surface area (Å²) in [7, 11) is 3.74. The van der Waals surface area contributed by atoms with E-state index in [0.29, 0.717) is 11.3 Å². The lowest BCUT2D eigenvalue weighted by Crippen LogP contribution is -2.29. The molecule has 0 aromatic heterocycles. The van der Waals surface area contributed by atoms with Crippen molar-refractivity contribution < 1.29 is 18.3 Å². The van der Waals surface area contributed by atoms with Gasteiger partial charge >= 0.3 is 12.6 Å². The number of hydrogen-bond donors (Lipinski definition) is 2. The van der Waals surface area contributed by atoms with E-state index in [1.54, 1.807) is 24.3 Å². The van der Waals surface area contributed by atoms with E-state index in [0.717, 1.165) is 5.69 Å². The molecule has 0 aliphatic heterocycles. The minimum Gasteiger partial charge on any atom is -0.434 e. The molecule has 0 heterocycles. The predicted molar refractivity (Wildman–Crippen MR) is 89.7 cm³/mol. The molecule has 0 atom stereocenters. The van der Waals surface area contributed by atoms with Crippen molar-refractivity contribution >= 4 is 17.4 Å². The van der Waals surface area contributed by atoms with Crippen LogP contribution in [-0.4, -0.2) is 26.7 Å². The maximum Gasteiger partial charge on any atom is 0.387 e. The molecule has 2 aromatic rings. The summed E-state index contributed by atoms with van der Waals surface area (Å²) in [4.78, 5) is 13.9. The lowest BCUT2D eigenvalue weighted by molar-refractivity contribution is -0.0504. The van der Waals surface area contributed by atoms with E-state index in [1.807, 2.05) is 37.2 Å². The predicted octanol–water partition coefficient (Wildman–Crippen LogP) is 3.68. The first-order valence-electron chi connectivity index (χ1n) is 7.31. The SMILES string of the molecule is CN(C)c1ccccc1NC(=O)NCc1ccccc1OC(F)F. The molecule has 0 unspecified atom stereocenters.